The van der Waals surface area contributed by atoms with Crippen LogP contribution in [0, 0.1) is 0 Å². The van der Waals surface area contributed by atoms with E-state index in [1.165, 1.54) is 11.1 Å². The van der Waals surface area contributed by atoms with Crippen molar-refractivity contribution in [3.05, 3.63) is 45.9 Å². The van der Waals surface area contributed by atoms with Crippen LogP contribution in [-0.4, -0.2) is 21.9 Å². The SMILES string of the molecule is CCOc1cc(-c2noc(-c3ccc4c(c3)CCCC4N)n2)cc(Br)c1O. The van der Waals surface area contributed by atoms with Crippen molar-refractivity contribution in [1.82, 2.24) is 10.1 Å². The van der Waals surface area contributed by atoms with E-state index in [0.29, 0.717) is 34.1 Å². The van der Waals surface area contributed by atoms with E-state index in [-0.39, 0.29) is 11.8 Å². The van der Waals surface area contributed by atoms with Crippen molar-refractivity contribution < 1.29 is 14.4 Å². The highest BCUT2D eigenvalue weighted by atomic mass is 79.9. The second-order valence-corrected chi connectivity index (χ2v) is 7.43. The highest BCUT2D eigenvalue weighted by molar-refractivity contribution is 9.10. The van der Waals surface area contributed by atoms with Crippen molar-refractivity contribution in [3.63, 3.8) is 0 Å². The quantitative estimate of drug-likeness (QED) is 0.628. The Hall–Kier alpha value is -2.38. The van der Waals surface area contributed by atoms with Gasteiger partial charge in [0.25, 0.3) is 5.89 Å². The molecule has 6 nitrogen and oxygen atoms in total. The largest absolute Gasteiger partial charge is 0.503 e. The lowest BCUT2D eigenvalue weighted by molar-refractivity contribution is 0.317. The van der Waals surface area contributed by atoms with Gasteiger partial charge in [-0.3, -0.25) is 0 Å². The zero-order valence-electron chi connectivity index (χ0n) is 14.9. The van der Waals surface area contributed by atoms with Gasteiger partial charge in [0, 0.05) is 17.2 Å². The molecule has 1 aliphatic rings. The third kappa shape index (κ3) is 3.44. The van der Waals surface area contributed by atoms with Gasteiger partial charge in [0.2, 0.25) is 5.82 Å². The predicted octanol–water partition coefficient (Wildman–Crippen LogP) is 4.61. The molecule has 4 rings (SSSR count). The number of phenols is 1. The lowest BCUT2D eigenvalue weighted by atomic mass is 9.87. The van der Waals surface area contributed by atoms with E-state index >= 15 is 0 Å². The Morgan fingerprint density at radius 1 is 1.30 bits per heavy atom. The van der Waals surface area contributed by atoms with Gasteiger partial charge >= 0.3 is 0 Å². The molecule has 0 aliphatic heterocycles. The summed E-state index contributed by atoms with van der Waals surface area (Å²) in [6, 6.07) is 9.65. The number of fused-ring (bicyclic) bond motifs is 1. The average Bonchev–Trinajstić information content (AvgIpc) is 3.15. The Kier molecular flexibility index (Phi) is 4.88. The van der Waals surface area contributed by atoms with E-state index in [1.807, 2.05) is 13.0 Å². The third-order valence-electron chi connectivity index (χ3n) is 4.76. The molecule has 3 N–H and O–H groups in total. The minimum Gasteiger partial charge on any atom is -0.503 e. The number of benzene rings is 2. The highest BCUT2D eigenvalue weighted by Gasteiger charge is 2.20. The van der Waals surface area contributed by atoms with Gasteiger partial charge in [-0.2, -0.15) is 4.98 Å². The summed E-state index contributed by atoms with van der Waals surface area (Å²) < 4.78 is 11.5. The standard InChI is InChI=1S/C20H20BrN3O3/c1-2-26-17-10-13(9-15(21)18(17)25)19-23-20(27-24-19)12-6-7-14-11(8-12)4-3-5-16(14)22/h6-10,16,25H,2-5,22H2,1H3. The van der Waals surface area contributed by atoms with Crippen LogP contribution in [0.3, 0.4) is 0 Å². The normalized spacial score (nSPS) is 16.2. The van der Waals surface area contributed by atoms with Crippen molar-refractivity contribution in [2.75, 3.05) is 6.61 Å². The van der Waals surface area contributed by atoms with E-state index in [2.05, 4.69) is 38.2 Å². The van der Waals surface area contributed by atoms with Crippen molar-refractivity contribution >= 4 is 15.9 Å². The molecule has 0 spiro atoms. The number of hydrogen-bond donors (Lipinski definition) is 2. The van der Waals surface area contributed by atoms with Crippen LogP contribution in [0.25, 0.3) is 22.8 Å². The van der Waals surface area contributed by atoms with Crippen molar-refractivity contribution in [2.24, 2.45) is 5.73 Å². The Morgan fingerprint density at radius 2 is 2.15 bits per heavy atom. The zero-order chi connectivity index (χ0) is 19.0. The van der Waals surface area contributed by atoms with Crippen LogP contribution in [0.2, 0.25) is 0 Å². The Balaban J connectivity index is 1.68. The third-order valence-corrected chi connectivity index (χ3v) is 5.37. The monoisotopic (exact) mass is 429 g/mol. The maximum absolute atomic E-state index is 10.1. The van der Waals surface area contributed by atoms with Crippen molar-refractivity contribution in [1.29, 1.82) is 0 Å². The first-order valence-electron chi connectivity index (χ1n) is 8.95. The number of aromatic nitrogens is 2. The average molecular weight is 430 g/mol. The molecule has 0 fully saturated rings. The molecule has 7 heteroatoms. The highest BCUT2D eigenvalue weighted by Crippen LogP contribution is 2.38. The van der Waals surface area contributed by atoms with Crippen LogP contribution in [0.5, 0.6) is 11.5 Å². The van der Waals surface area contributed by atoms with E-state index in [0.717, 1.165) is 24.8 Å². The summed E-state index contributed by atoms with van der Waals surface area (Å²) in [4.78, 5) is 4.52. The summed E-state index contributed by atoms with van der Waals surface area (Å²) in [5.74, 6) is 1.31. The number of ether oxygens (including phenoxy) is 1. The molecule has 2 aromatic carbocycles. The number of hydrogen-bond acceptors (Lipinski definition) is 6. The zero-order valence-corrected chi connectivity index (χ0v) is 16.5. The van der Waals surface area contributed by atoms with Gasteiger partial charge in [0.15, 0.2) is 11.5 Å². The van der Waals surface area contributed by atoms with E-state index in [9.17, 15) is 5.11 Å². The summed E-state index contributed by atoms with van der Waals surface area (Å²) in [7, 11) is 0. The molecular formula is C20H20BrN3O3. The van der Waals surface area contributed by atoms with E-state index in [4.69, 9.17) is 15.0 Å². The van der Waals surface area contributed by atoms with Gasteiger partial charge in [0.05, 0.1) is 11.1 Å². The lowest BCUT2D eigenvalue weighted by Crippen LogP contribution is -2.17. The van der Waals surface area contributed by atoms with Crippen LogP contribution >= 0.6 is 15.9 Å². The number of nitrogens with zero attached hydrogens (tertiary/aromatic N) is 2. The molecular weight excluding hydrogens is 410 g/mol. The molecule has 0 radical (unpaired) electrons. The molecule has 140 valence electrons. The van der Waals surface area contributed by atoms with Crippen molar-refractivity contribution in [3.8, 4) is 34.3 Å². The van der Waals surface area contributed by atoms with Crippen LogP contribution < -0.4 is 10.5 Å². The summed E-state index contributed by atoms with van der Waals surface area (Å²) in [5, 5.41) is 14.2. The van der Waals surface area contributed by atoms with Gasteiger partial charge in [-0.25, -0.2) is 0 Å². The van der Waals surface area contributed by atoms with E-state index < -0.39 is 0 Å². The molecule has 1 aliphatic carbocycles. The predicted molar refractivity (Wildman–Crippen MR) is 106 cm³/mol. The van der Waals surface area contributed by atoms with E-state index in [1.54, 1.807) is 12.1 Å². The molecule has 0 amide bonds. The fourth-order valence-corrected chi connectivity index (χ4v) is 3.85. The molecule has 1 atom stereocenters. The number of phenolic OH excluding ortho intramolecular Hbond substituents is 1. The van der Waals surface area contributed by atoms with Crippen LogP contribution in [-0.2, 0) is 6.42 Å². The minimum absolute atomic E-state index is 0.0512. The van der Waals surface area contributed by atoms with Crippen LogP contribution in [0.15, 0.2) is 39.3 Å². The first-order chi connectivity index (χ1) is 13.1. The maximum atomic E-state index is 10.1. The van der Waals surface area contributed by atoms with Crippen molar-refractivity contribution in [2.45, 2.75) is 32.2 Å². The lowest BCUT2D eigenvalue weighted by Gasteiger charge is -2.22. The first kappa shape index (κ1) is 18.0. The number of halogens is 1. The number of aryl methyl sites for hydroxylation is 1. The van der Waals surface area contributed by atoms with Gasteiger partial charge in [-0.05, 0) is 77.5 Å². The summed E-state index contributed by atoms with van der Waals surface area (Å²) in [6.45, 7) is 2.30. The maximum Gasteiger partial charge on any atom is 0.258 e. The molecule has 1 unspecified atom stereocenters. The minimum atomic E-state index is 0.0512. The fourth-order valence-electron chi connectivity index (χ4n) is 3.41. The summed E-state index contributed by atoms with van der Waals surface area (Å²) in [5.41, 5.74) is 10.2. The van der Waals surface area contributed by atoms with Gasteiger partial charge in [0.1, 0.15) is 0 Å². The summed E-state index contributed by atoms with van der Waals surface area (Å²) >= 11 is 3.33. The Morgan fingerprint density at radius 3 is 2.96 bits per heavy atom. The topological polar surface area (TPSA) is 94.4 Å². The molecule has 1 aromatic heterocycles. The molecule has 0 bridgehead atoms. The Bertz CT molecular complexity index is 987. The second-order valence-electron chi connectivity index (χ2n) is 6.57. The number of aromatic hydroxyl groups is 1. The number of nitrogens with two attached hydrogens (primary N) is 1. The fraction of sp³-hybridized carbons (Fsp3) is 0.300. The van der Waals surface area contributed by atoms with Crippen LogP contribution in [0.1, 0.15) is 36.9 Å². The molecule has 27 heavy (non-hydrogen) atoms. The summed E-state index contributed by atoms with van der Waals surface area (Å²) in [6.07, 6.45) is 3.13. The van der Waals surface area contributed by atoms with Gasteiger partial charge in [-0.15, -0.1) is 0 Å². The van der Waals surface area contributed by atoms with Crippen LogP contribution in [0.4, 0.5) is 0 Å². The molecule has 1 heterocycles. The second kappa shape index (κ2) is 7.32. The Labute approximate surface area is 165 Å². The smallest absolute Gasteiger partial charge is 0.258 e. The molecule has 0 saturated heterocycles. The van der Waals surface area contributed by atoms with Gasteiger partial charge < -0.3 is 20.1 Å². The molecule has 0 saturated carbocycles. The number of rotatable bonds is 4. The van der Waals surface area contributed by atoms with Gasteiger partial charge in [-0.1, -0.05) is 11.2 Å². The molecule has 3 aromatic rings. The first-order valence-corrected chi connectivity index (χ1v) is 9.74.